The van der Waals surface area contributed by atoms with Gasteiger partial charge in [-0.1, -0.05) is 42.0 Å². The Bertz CT molecular complexity index is 793. The molecule has 2 aromatic carbocycles. The lowest BCUT2D eigenvalue weighted by Crippen LogP contribution is -2.31. The minimum Gasteiger partial charge on any atom is -0.268 e. The van der Waals surface area contributed by atoms with Crippen LogP contribution in [0.4, 0.5) is 0 Å². The Morgan fingerprint density at radius 3 is 2.41 bits per heavy atom. The number of rotatable bonds is 5. The van der Waals surface area contributed by atoms with Crippen LogP contribution < -0.4 is 4.72 Å². The van der Waals surface area contributed by atoms with Crippen LogP contribution >= 0.6 is 0 Å². The molecule has 1 N–H and O–H groups in total. The predicted molar refractivity (Wildman–Crippen MR) is 86.2 cm³/mol. The molecule has 0 aromatic heterocycles. The van der Waals surface area contributed by atoms with Crippen molar-refractivity contribution >= 4 is 15.9 Å². The van der Waals surface area contributed by atoms with E-state index in [1.165, 1.54) is 12.1 Å². The van der Waals surface area contributed by atoms with E-state index in [4.69, 9.17) is 0 Å². The van der Waals surface area contributed by atoms with Gasteiger partial charge < -0.3 is 0 Å². The summed E-state index contributed by atoms with van der Waals surface area (Å²) < 4.78 is 26.6. The van der Waals surface area contributed by atoms with Crippen LogP contribution in [0.5, 0.6) is 0 Å². The minimum absolute atomic E-state index is 0.0626. The first-order valence-electron chi connectivity index (χ1n) is 6.76. The van der Waals surface area contributed by atoms with E-state index in [9.17, 15) is 13.2 Å². The second-order valence-corrected chi connectivity index (χ2v) is 6.58. The van der Waals surface area contributed by atoms with Crippen molar-refractivity contribution in [1.82, 2.24) is 4.72 Å². The molecule has 2 rings (SSSR count). The first kappa shape index (κ1) is 16.0. The van der Waals surface area contributed by atoms with Crippen LogP contribution in [0.15, 0.2) is 66.1 Å². The van der Waals surface area contributed by atoms with Gasteiger partial charge in [0.15, 0.2) is 0 Å². The van der Waals surface area contributed by atoms with Crippen LogP contribution in [0.25, 0.3) is 0 Å². The number of hydrogen-bond acceptors (Lipinski definition) is 3. The van der Waals surface area contributed by atoms with Crippen LogP contribution in [-0.2, 0) is 16.4 Å². The normalized spacial score (nSPS) is 11.0. The number of carbonyl (C=O) groups excluding carboxylic acids is 1. The van der Waals surface area contributed by atoms with E-state index < -0.39 is 15.9 Å². The highest BCUT2D eigenvalue weighted by Crippen LogP contribution is 2.13. The molecule has 0 spiro atoms. The van der Waals surface area contributed by atoms with Crippen LogP contribution in [-0.4, -0.2) is 14.3 Å². The van der Waals surface area contributed by atoms with Gasteiger partial charge in [0, 0.05) is 5.56 Å². The maximum absolute atomic E-state index is 12.3. The maximum Gasteiger partial charge on any atom is 0.265 e. The molecule has 0 aliphatic carbocycles. The van der Waals surface area contributed by atoms with Gasteiger partial charge in [-0.3, -0.25) is 4.79 Å². The highest BCUT2D eigenvalue weighted by molar-refractivity contribution is 7.90. The van der Waals surface area contributed by atoms with Gasteiger partial charge >= 0.3 is 0 Å². The molecule has 22 heavy (non-hydrogen) atoms. The second-order valence-electron chi connectivity index (χ2n) is 4.90. The van der Waals surface area contributed by atoms with Gasteiger partial charge in [-0.05, 0) is 37.1 Å². The lowest BCUT2D eigenvalue weighted by atomic mass is 10.0. The number of sulfonamides is 1. The van der Waals surface area contributed by atoms with Gasteiger partial charge in [0.25, 0.3) is 15.9 Å². The number of benzene rings is 2. The Kier molecular flexibility index (Phi) is 4.78. The topological polar surface area (TPSA) is 63.2 Å². The SMILES string of the molecule is C=CCc1ccccc1C(=O)NS(=O)(=O)c1ccc(C)cc1. The van der Waals surface area contributed by atoms with Crippen molar-refractivity contribution in [2.24, 2.45) is 0 Å². The van der Waals surface area contributed by atoms with E-state index in [1.54, 1.807) is 42.5 Å². The summed E-state index contributed by atoms with van der Waals surface area (Å²) in [5, 5.41) is 0. The highest BCUT2D eigenvalue weighted by atomic mass is 32.2. The highest BCUT2D eigenvalue weighted by Gasteiger charge is 2.19. The number of allylic oxidation sites excluding steroid dienone is 1. The van der Waals surface area contributed by atoms with E-state index in [1.807, 2.05) is 6.92 Å². The fourth-order valence-corrected chi connectivity index (χ4v) is 2.99. The van der Waals surface area contributed by atoms with Crippen molar-refractivity contribution in [2.45, 2.75) is 18.2 Å². The van der Waals surface area contributed by atoms with Gasteiger partial charge in [0.2, 0.25) is 0 Å². The quantitative estimate of drug-likeness (QED) is 0.863. The third kappa shape index (κ3) is 3.62. The standard InChI is InChI=1S/C17H17NO3S/c1-3-6-14-7-4-5-8-16(14)17(19)18-22(20,21)15-11-9-13(2)10-12-15/h3-5,7-12H,1,6H2,2H3,(H,18,19). The Morgan fingerprint density at radius 2 is 1.77 bits per heavy atom. The summed E-state index contributed by atoms with van der Waals surface area (Å²) in [5.41, 5.74) is 2.01. The van der Waals surface area contributed by atoms with E-state index in [2.05, 4.69) is 11.3 Å². The molecule has 0 bridgehead atoms. The lowest BCUT2D eigenvalue weighted by Gasteiger charge is -2.10. The fourth-order valence-electron chi connectivity index (χ4n) is 2.03. The Labute approximate surface area is 130 Å². The van der Waals surface area contributed by atoms with Crippen molar-refractivity contribution < 1.29 is 13.2 Å². The fraction of sp³-hybridized carbons (Fsp3) is 0.118. The molecule has 0 atom stereocenters. The van der Waals surface area contributed by atoms with Crippen molar-refractivity contribution in [2.75, 3.05) is 0 Å². The van der Waals surface area contributed by atoms with E-state index >= 15 is 0 Å². The average molecular weight is 315 g/mol. The van der Waals surface area contributed by atoms with Gasteiger partial charge in [-0.25, -0.2) is 13.1 Å². The van der Waals surface area contributed by atoms with Crippen LogP contribution in [0.2, 0.25) is 0 Å². The number of aryl methyl sites for hydroxylation is 1. The summed E-state index contributed by atoms with van der Waals surface area (Å²) >= 11 is 0. The van der Waals surface area contributed by atoms with Gasteiger partial charge in [-0.2, -0.15) is 0 Å². The molecule has 0 aliphatic heterocycles. The van der Waals surface area contributed by atoms with Crippen molar-refractivity contribution in [1.29, 1.82) is 0 Å². The number of carbonyl (C=O) groups is 1. The lowest BCUT2D eigenvalue weighted by molar-refractivity contribution is 0.0980. The number of hydrogen-bond donors (Lipinski definition) is 1. The average Bonchev–Trinajstić information content (AvgIpc) is 2.48. The number of amides is 1. The zero-order valence-corrected chi connectivity index (χ0v) is 13.1. The minimum atomic E-state index is -3.88. The van der Waals surface area contributed by atoms with E-state index in [0.29, 0.717) is 12.0 Å². The molecule has 0 heterocycles. The molecule has 0 saturated heterocycles. The van der Waals surface area contributed by atoms with Gasteiger partial charge in [0.1, 0.15) is 0 Å². The summed E-state index contributed by atoms with van der Waals surface area (Å²) in [6.07, 6.45) is 2.16. The predicted octanol–water partition coefficient (Wildman–Crippen LogP) is 2.84. The Balaban J connectivity index is 2.28. The Morgan fingerprint density at radius 1 is 1.14 bits per heavy atom. The second kappa shape index (κ2) is 6.58. The van der Waals surface area contributed by atoms with Crippen molar-refractivity contribution in [3.05, 3.63) is 77.9 Å². The summed E-state index contributed by atoms with van der Waals surface area (Å²) in [6.45, 7) is 5.50. The van der Waals surface area contributed by atoms with Gasteiger partial charge in [0.05, 0.1) is 4.90 Å². The van der Waals surface area contributed by atoms with Gasteiger partial charge in [-0.15, -0.1) is 6.58 Å². The maximum atomic E-state index is 12.3. The summed E-state index contributed by atoms with van der Waals surface area (Å²) in [5.74, 6) is -0.641. The van der Waals surface area contributed by atoms with Crippen LogP contribution in [0.3, 0.4) is 0 Å². The largest absolute Gasteiger partial charge is 0.268 e. The third-order valence-electron chi connectivity index (χ3n) is 3.18. The molecular weight excluding hydrogens is 298 g/mol. The summed E-state index contributed by atoms with van der Waals surface area (Å²) in [6, 6.07) is 13.2. The molecular formula is C17H17NO3S. The molecule has 2 aromatic rings. The summed E-state index contributed by atoms with van der Waals surface area (Å²) in [4.78, 5) is 12.3. The van der Waals surface area contributed by atoms with Crippen molar-refractivity contribution in [3.63, 3.8) is 0 Å². The smallest absolute Gasteiger partial charge is 0.265 e. The first-order valence-corrected chi connectivity index (χ1v) is 8.25. The zero-order valence-electron chi connectivity index (χ0n) is 12.2. The monoisotopic (exact) mass is 315 g/mol. The molecule has 0 fully saturated rings. The molecule has 0 radical (unpaired) electrons. The molecule has 114 valence electrons. The first-order chi connectivity index (χ1) is 10.4. The van der Waals surface area contributed by atoms with E-state index in [-0.39, 0.29) is 4.90 Å². The van der Waals surface area contributed by atoms with Crippen molar-refractivity contribution in [3.8, 4) is 0 Å². The number of nitrogens with one attached hydrogen (secondary N) is 1. The molecule has 5 heteroatoms. The van der Waals surface area contributed by atoms with Crippen LogP contribution in [0, 0.1) is 6.92 Å². The summed E-state index contributed by atoms with van der Waals surface area (Å²) in [7, 11) is -3.88. The van der Waals surface area contributed by atoms with Crippen LogP contribution in [0.1, 0.15) is 21.5 Å². The zero-order chi connectivity index (χ0) is 16.2. The molecule has 1 amide bonds. The molecule has 4 nitrogen and oxygen atoms in total. The molecule has 0 aliphatic rings. The van der Waals surface area contributed by atoms with E-state index in [0.717, 1.165) is 11.1 Å². The third-order valence-corrected chi connectivity index (χ3v) is 4.53. The molecule has 0 unspecified atom stereocenters. The molecule has 0 saturated carbocycles. The Hall–Kier alpha value is -2.40.